The third kappa shape index (κ3) is 5.61. The fraction of sp³-hybridized carbons (Fsp3) is 0.0192. The molecule has 5 nitrogen and oxygen atoms in total. The van der Waals surface area contributed by atoms with Gasteiger partial charge in [-0.2, -0.15) is 29.0 Å². The third-order valence-corrected chi connectivity index (χ3v) is 11.3. The zero-order chi connectivity index (χ0) is 41.1. The average Bonchev–Trinajstić information content (AvgIpc) is 3.80. The van der Waals surface area contributed by atoms with Crippen molar-refractivity contribution in [2.24, 2.45) is 0 Å². The number of hydrogen-bond donors (Lipinski definition) is 0. The molecule has 0 amide bonds. The predicted octanol–water partition coefficient (Wildman–Crippen LogP) is 13.5. The molecule has 8 heteroatoms. The molecule has 8 aromatic carbocycles. The highest BCUT2D eigenvalue weighted by atomic mass is 19.4. The fourth-order valence-corrected chi connectivity index (χ4v) is 8.72. The fourth-order valence-electron chi connectivity index (χ4n) is 8.72. The maximum Gasteiger partial charge on any atom is 0.417 e. The Hall–Kier alpha value is -8.38. The van der Waals surface area contributed by atoms with E-state index in [-0.39, 0.29) is 16.7 Å². The zero-order valence-corrected chi connectivity index (χ0v) is 31.5. The summed E-state index contributed by atoms with van der Waals surface area (Å²) in [5.74, 6) is 0. The van der Waals surface area contributed by atoms with Gasteiger partial charge in [0.2, 0.25) is 0 Å². The summed E-state index contributed by atoms with van der Waals surface area (Å²) in [5.41, 5.74) is 7.54. The van der Waals surface area contributed by atoms with Gasteiger partial charge >= 0.3 is 6.18 Å². The smallest absolute Gasteiger partial charge is 0.308 e. The van der Waals surface area contributed by atoms with Crippen LogP contribution in [0.25, 0.3) is 88.4 Å². The minimum atomic E-state index is -4.72. The molecular weight excluding hydrogens is 752 g/mol. The number of fused-ring (bicyclic) bond motifs is 6. The first-order chi connectivity index (χ1) is 29.3. The molecule has 0 aliphatic rings. The van der Waals surface area contributed by atoms with Crippen LogP contribution >= 0.6 is 0 Å². The highest BCUT2D eigenvalue weighted by molar-refractivity contribution is 6.13. The molecule has 0 atom stereocenters. The van der Waals surface area contributed by atoms with Gasteiger partial charge in [0.25, 0.3) is 0 Å². The molecule has 10 rings (SSSR count). The predicted molar refractivity (Wildman–Crippen MR) is 231 cm³/mol. The summed E-state index contributed by atoms with van der Waals surface area (Å²) in [4.78, 5) is 0. The number of nitrogens with zero attached hydrogens (tertiary/aromatic N) is 5. The number of alkyl halides is 3. The number of halogens is 3. The molecule has 0 unspecified atom stereocenters. The highest BCUT2D eigenvalue weighted by Crippen LogP contribution is 2.47. The van der Waals surface area contributed by atoms with Crippen LogP contribution in [0.4, 0.5) is 13.2 Å². The van der Waals surface area contributed by atoms with E-state index >= 15 is 13.2 Å². The van der Waals surface area contributed by atoms with Crippen LogP contribution < -0.4 is 0 Å². The molecule has 0 aliphatic heterocycles. The molecule has 0 aliphatic carbocycles. The Morgan fingerprint density at radius 1 is 0.400 bits per heavy atom. The van der Waals surface area contributed by atoms with E-state index in [0.29, 0.717) is 33.5 Å². The van der Waals surface area contributed by atoms with Gasteiger partial charge in [0, 0.05) is 27.1 Å². The standard InChI is InChI=1S/C52H28F3N5/c53-52(54,55)44-18-8-5-17-41(44)51-49(59-45-19-9-6-15-39(45)42-27-33(21-23-47(42)59)37-13-3-1-11-35(37)30-57)25-32(29-56)26-50(51)60-46-20-10-7-16-40(46)43-28-34(22-24-48(43)60)38-14-4-2-12-36(38)31-58/h1-28H. The number of rotatable bonds is 5. The van der Waals surface area contributed by atoms with E-state index in [1.807, 2.05) is 130 Å². The van der Waals surface area contributed by atoms with Crippen molar-refractivity contribution in [2.75, 3.05) is 0 Å². The molecule has 0 radical (unpaired) electrons. The molecule has 60 heavy (non-hydrogen) atoms. The minimum Gasteiger partial charge on any atom is -0.308 e. The molecule has 0 N–H and O–H groups in total. The normalized spacial score (nSPS) is 11.5. The van der Waals surface area contributed by atoms with Gasteiger partial charge in [-0.25, -0.2) is 0 Å². The van der Waals surface area contributed by atoms with Gasteiger partial charge in [-0.15, -0.1) is 0 Å². The number of benzene rings is 8. The van der Waals surface area contributed by atoms with Crippen molar-refractivity contribution in [3.63, 3.8) is 0 Å². The second-order valence-corrected chi connectivity index (χ2v) is 14.5. The van der Waals surface area contributed by atoms with Gasteiger partial charge in [-0.05, 0) is 94.5 Å². The lowest BCUT2D eigenvalue weighted by molar-refractivity contribution is -0.137. The number of hydrogen-bond acceptors (Lipinski definition) is 3. The van der Waals surface area contributed by atoms with Gasteiger partial charge in [-0.3, -0.25) is 0 Å². The Kier molecular flexibility index (Phi) is 8.35. The SMILES string of the molecule is N#Cc1cc(-n2c3ccccc3c3cc(-c4ccccc4C#N)ccc32)c(-c2ccccc2C(F)(F)F)c(-n2c3ccccc3c3cc(-c4ccccc4C#N)ccc32)c1. The summed E-state index contributed by atoms with van der Waals surface area (Å²) < 4.78 is 49.7. The minimum absolute atomic E-state index is 0.0458. The first-order valence-corrected chi connectivity index (χ1v) is 19.1. The van der Waals surface area contributed by atoms with E-state index in [1.54, 1.807) is 30.3 Å². The van der Waals surface area contributed by atoms with Gasteiger partial charge in [0.1, 0.15) is 0 Å². The molecule has 2 heterocycles. The molecule has 282 valence electrons. The van der Waals surface area contributed by atoms with Crippen molar-refractivity contribution in [3.05, 3.63) is 192 Å². The van der Waals surface area contributed by atoms with Crippen LogP contribution in [0.3, 0.4) is 0 Å². The van der Waals surface area contributed by atoms with Gasteiger partial charge in [0.05, 0.1) is 73.9 Å². The van der Waals surface area contributed by atoms with Crippen molar-refractivity contribution in [3.8, 4) is 63.0 Å². The third-order valence-electron chi connectivity index (χ3n) is 11.3. The molecule has 0 spiro atoms. The van der Waals surface area contributed by atoms with Crippen LogP contribution in [0.15, 0.2) is 170 Å². The van der Waals surface area contributed by atoms with Crippen LogP contribution in [0, 0.1) is 34.0 Å². The Bertz CT molecular complexity index is 3330. The summed E-state index contributed by atoms with van der Waals surface area (Å²) in [6.07, 6.45) is -4.72. The van der Waals surface area contributed by atoms with Crippen molar-refractivity contribution in [1.82, 2.24) is 9.13 Å². The summed E-state index contributed by atoms with van der Waals surface area (Å²) in [7, 11) is 0. The Labute approximate surface area is 341 Å². The summed E-state index contributed by atoms with van der Waals surface area (Å²) >= 11 is 0. The monoisotopic (exact) mass is 779 g/mol. The molecule has 0 fully saturated rings. The van der Waals surface area contributed by atoms with Crippen LogP contribution in [0.1, 0.15) is 22.3 Å². The topological polar surface area (TPSA) is 81.2 Å². The second kappa shape index (κ2) is 13.9. The van der Waals surface area contributed by atoms with Crippen LogP contribution in [-0.2, 0) is 6.18 Å². The molecule has 10 aromatic rings. The molecule has 0 saturated heterocycles. The van der Waals surface area contributed by atoms with Gasteiger partial charge in [-0.1, -0.05) is 103 Å². The lowest BCUT2D eigenvalue weighted by atomic mass is 9.94. The maximum absolute atomic E-state index is 15.3. The van der Waals surface area contributed by atoms with Crippen molar-refractivity contribution in [2.45, 2.75) is 6.18 Å². The van der Waals surface area contributed by atoms with E-state index in [2.05, 4.69) is 18.2 Å². The van der Waals surface area contributed by atoms with Crippen LogP contribution in [0.2, 0.25) is 0 Å². The van der Waals surface area contributed by atoms with Gasteiger partial charge < -0.3 is 9.13 Å². The quantitative estimate of drug-likeness (QED) is 0.174. The summed E-state index contributed by atoms with van der Waals surface area (Å²) in [6, 6.07) is 57.6. The number of para-hydroxylation sites is 2. The van der Waals surface area contributed by atoms with Crippen molar-refractivity contribution < 1.29 is 13.2 Å². The molecular formula is C52H28F3N5. The molecule has 2 aromatic heterocycles. The van der Waals surface area contributed by atoms with Crippen LogP contribution in [-0.4, -0.2) is 9.13 Å². The first kappa shape index (κ1) is 36.0. The van der Waals surface area contributed by atoms with E-state index in [4.69, 9.17) is 0 Å². The summed E-state index contributed by atoms with van der Waals surface area (Å²) in [5, 5.41) is 33.9. The largest absolute Gasteiger partial charge is 0.417 e. The van der Waals surface area contributed by atoms with Crippen molar-refractivity contribution >= 4 is 43.6 Å². The highest BCUT2D eigenvalue weighted by Gasteiger charge is 2.35. The lowest BCUT2D eigenvalue weighted by Crippen LogP contribution is -2.10. The Balaban J connectivity index is 1.35. The Morgan fingerprint density at radius 2 is 0.817 bits per heavy atom. The van der Waals surface area contributed by atoms with E-state index in [1.165, 1.54) is 12.1 Å². The van der Waals surface area contributed by atoms with Gasteiger partial charge in [0.15, 0.2) is 0 Å². The first-order valence-electron chi connectivity index (χ1n) is 19.1. The maximum atomic E-state index is 15.3. The average molecular weight is 780 g/mol. The number of aromatic nitrogens is 2. The molecule has 0 saturated carbocycles. The van der Waals surface area contributed by atoms with E-state index < -0.39 is 11.7 Å². The molecule has 0 bridgehead atoms. The van der Waals surface area contributed by atoms with Crippen LogP contribution in [0.5, 0.6) is 0 Å². The Morgan fingerprint density at radius 3 is 1.28 bits per heavy atom. The zero-order valence-electron chi connectivity index (χ0n) is 31.5. The summed E-state index contributed by atoms with van der Waals surface area (Å²) in [6.45, 7) is 0. The van der Waals surface area contributed by atoms with Crippen molar-refractivity contribution in [1.29, 1.82) is 15.8 Å². The lowest BCUT2D eigenvalue weighted by Gasteiger charge is -2.23. The number of nitriles is 3. The van der Waals surface area contributed by atoms with E-state index in [9.17, 15) is 15.8 Å². The second-order valence-electron chi connectivity index (χ2n) is 14.5. The van der Waals surface area contributed by atoms with E-state index in [0.717, 1.165) is 60.9 Å².